The standard InChI is InChI=1S/C9H6ClF2NO/c1-5-2-6(4-13)8(3-7(5)10)14-9(11)12/h2-3,9H,1H3. The number of aryl methyl sites for hydroxylation is 1. The Balaban J connectivity index is 3.15. The fourth-order valence-electron chi connectivity index (χ4n) is 0.944. The monoisotopic (exact) mass is 217 g/mol. The Morgan fingerprint density at radius 1 is 1.50 bits per heavy atom. The molecule has 0 aliphatic rings. The van der Waals surface area contributed by atoms with Crippen LogP contribution in [0.3, 0.4) is 0 Å². The number of benzene rings is 1. The number of rotatable bonds is 2. The zero-order valence-electron chi connectivity index (χ0n) is 7.22. The summed E-state index contributed by atoms with van der Waals surface area (Å²) >= 11 is 5.69. The molecule has 1 aromatic rings. The van der Waals surface area contributed by atoms with Crippen LogP contribution in [0.2, 0.25) is 5.02 Å². The number of nitriles is 1. The first kappa shape index (κ1) is 10.7. The highest BCUT2D eigenvalue weighted by molar-refractivity contribution is 6.31. The number of ether oxygens (including phenoxy) is 1. The van der Waals surface area contributed by atoms with Gasteiger partial charge in [-0.15, -0.1) is 0 Å². The largest absolute Gasteiger partial charge is 0.433 e. The van der Waals surface area contributed by atoms with Crippen LogP contribution in [0.15, 0.2) is 12.1 Å². The molecule has 0 unspecified atom stereocenters. The lowest BCUT2D eigenvalue weighted by atomic mass is 10.1. The molecule has 0 N–H and O–H groups in total. The Hall–Kier alpha value is -1.34. The summed E-state index contributed by atoms with van der Waals surface area (Å²) in [6, 6.07) is 4.36. The molecule has 0 aliphatic carbocycles. The summed E-state index contributed by atoms with van der Waals surface area (Å²) in [4.78, 5) is 0. The molecule has 0 aromatic heterocycles. The average molecular weight is 218 g/mol. The highest BCUT2D eigenvalue weighted by Crippen LogP contribution is 2.27. The molecular formula is C9H6ClF2NO. The van der Waals surface area contributed by atoms with E-state index < -0.39 is 6.61 Å². The lowest BCUT2D eigenvalue weighted by molar-refractivity contribution is -0.0500. The minimum atomic E-state index is -2.96. The van der Waals surface area contributed by atoms with E-state index in [1.54, 1.807) is 13.0 Å². The van der Waals surface area contributed by atoms with Gasteiger partial charge in [-0.25, -0.2) is 0 Å². The highest BCUT2D eigenvalue weighted by Gasteiger charge is 2.11. The number of hydrogen-bond donors (Lipinski definition) is 0. The Morgan fingerprint density at radius 3 is 2.64 bits per heavy atom. The number of nitrogens with zero attached hydrogens (tertiary/aromatic N) is 1. The zero-order chi connectivity index (χ0) is 10.7. The molecule has 2 nitrogen and oxygen atoms in total. The molecule has 0 radical (unpaired) electrons. The van der Waals surface area contributed by atoms with Crippen molar-refractivity contribution in [3.8, 4) is 11.8 Å². The van der Waals surface area contributed by atoms with E-state index in [1.807, 2.05) is 0 Å². The normalized spacial score (nSPS) is 10.0. The summed E-state index contributed by atoms with van der Waals surface area (Å²) in [5.41, 5.74) is 0.692. The Kier molecular flexibility index (Phi) is 3.26. The quantitative estimate of drug-likeness (QED) is 0.763. The van der Waals surface area contributed by atoms with Gasteiger partial charge in [0.1, 0.15) is 11.8 Å². The third kappa shape index (κ3) is 2.33. The van der Waals surface area contributed by atoms with Crippen LogP contribution < -0.4 is 4.74 Å². The minimum Gasteiger partial charge on any atom is -0.433 e. The predicted molar refractivity (Wildman–Crippen MR) is 47.5 cm³/mol. The molecule has 0 bridgehead atoms. The summed E-state index contributed by atoms with van der Waals surface area (Å²) in [6.07, 6.45) is 0. The minimum absolute atomic E-state index is 0.0483. The zero-order valence-corrected chi connectivity index (χ0v) is 7.98. The molecule has 5 heteroatoms. The number of halogens is 3. The second-order valence-corrected chi connectivity index (χ2v) is 3.00. The van der Waals surface area contributed by atoms with Gasteiger partial charge in [0.15, 0.2) is 0 Å². The van der Waals surface area contributed by atoms with E-state index in [0.717, 1.165) is 0 Å². The Morgan fingerprint density at radius 2 is 2.14 bits per heavy atom. The molecule has 1 rings (SSSR count). The summed E-state index contributed by atoms with van der Waals surface area (Å²) < 4.78 is 27.9. The van der Waals surface area contributed by atoms with E-state index >= 15 is 0 Å². The van der Waals surface area contributed by atoms with Crippen LogP contribution in [-0.4, -0.2) is 6.61 Å². The summed E-state index contributed by atoms with van der Waals surface area (Å²) in [5.74, 6) is -0.196. The maximum Gasteiger partial charge on any atom is 0.387 e. The fraction of sp³-hybridized carbons (Fsp3) is 0.222. The molecular weight excluding hydrogens is 212 g/mol. The third-order valence-electron chi connectivity index (χ3n) is 1.60. The summed E-state index contributed by atoms with van der Waals surface area (Å²) in [7, 11) is 0. The first-order chi connectivity index (χ1) is 6.54. The van der Waals surface area contributed by atoms with Crippen LogP contribution in [0.1, 0.15) is 11.1 Å². The first-order valence-electron chi connectivity index (χ1n) is 3.69. The molecule has 74 valence electrons. The van der Waals surface area contributed by atoms with Gasteiger partial charge >= 0.3 is 6.61 Å². The van der Waals surface area contributed by atoms with Crippen molar-refractivity contribution in [2.45, 2.75) is 13.5 Å². The van der Waals surface area contributed by atoms with Gasteiger partial charge in [-0.1, -0.05) is 11.6 Å². The van der Waals surface area contributed by atoms with E-state index in [9.17, 15) is 8.78 Å². The van der Waals surface area contributed by atoms with E-state index in [1.165, 1.54) is 12.1 Å². The van der Waals surface area contributed by atoms with Crippen molar-refractivity contribution in [3.63, 3.8) is 0 Å². The molecule has 0 aliphatic heterocycles. The maximum absolute atomic E-state index is 11.9. The molecule has 0 amide bonds. The van der Waals surface area contributed by atoms with Gasteiger partial charge in [0, 0.05) is 11.1 Å². The molecule has 0 heterocycles. The summed E-state index contributed by atoms with van der Waals surface area (Å²) in [5, 5.41) is 8.92. The van der Waals surface area contributed by atoms with Crippen molar-refractivity contribution in [1.29, 1.82) is 5.26 Å². The van der Waals surface area contributed by atoms with Crippen molar-refractivity contribution in [3.05, 3.63) is 28.3 Å². The second kappa shape index (κ2) is 4.25. The van der Waals surface area contributed by atoms with Gasteiger partial charge in [0.2, 0.25) is 0 Å². The topological polar surface area (TPSA) is 33.0 Å². The SMILES string of the molecule is Cc1cc(C#N)c(OC(F)F)cc1Cl. The van der Waals surface area contributed by atoms with Gasteiger partial charge in [0.25, 0.3) is 0 Å². The van der Waals surface area contributed by atoms with Gasteiger partial charge in [-0.05, 0) is 18.6 Å². The van der Waals surface area contributed by atoms with Gasteiger partial charge < -0.3 is 4.74 Å². The Labute approximate surface area is 84.7 Å². The molecule has 0 saturated heterocycles. The molecule has 14 heavy (non-hydrogen) atoms. The van der Waals surface area contributed by atoms with Crippen LogP contribution in [0.4, 0.5) is 8.78 Å². The van der Waals surface area contributed by atoms with Gasteiger partial charge in [-0.2, -0.15) is 14.0 Å². The molecule has 0 saturated carbocycles. The summed E-state index contributed by atoms with van der Waals surface area (Å²) in [6.45, 7) is -1.28. The smallest absolute Gasteiger partial charge is 0.387 e. The molecule has 0 fully saturated rings. The van der Waals surface area contributed by atoms with E-state index in [4.69, 9.17) is 16.9 Å². The van der Waals surface area contributed by atoms with Crippen molar-refractivity contribution in [1.82, 2.24) is 0 Å². The van der Waals surface area contributed by atoms with Crippen molar-refractivity contribution < 1.29 is 13.5 Å². The lowest BCUT2D eigenvalue weighted by Gasteiger charge is -2.07. The average Bonchev–Trinajstić information content (AvgIpc) is 2.10. The van der Waals surface area contributed by atoms with Crippen molar-refractivity contribution in [2.24, 2.45) is 0 Å². The molecule has 0 atom stereocenters. The van der Waals surface area contributed by atoms with E-state index in [2.05, 4.69) is 4.74 Å². The predicted octanol–water partition coefficient (Wildman–Crippen LogP) is 3.12. The van der Waals surface area contributed by atoms with E-state index in [-0.39, 0.29) is 11.3 Å². The maximum atomic E-state index is 11.9. The van der Waals surface area contributed by atoms with E-state index in [0.29, 0.717) is 10.6 Å². The highest BCUT2D eigenvalue weighted by atomic mass is 35.5. The first-order valence-corrected chi connectivity index (χ1v) is 4.07. The Bertz CT molecular complexity index is 387. The van der Waals surface area contributed by atoms with Crippen LogP contribution >= 0.6 is 11.6 Å². The van der Waals surface area contributed by atoms with Crippen molar-refractivity contribution >= 4 is 11.6 Å². The van der Waals surface area contributed by atoms with Crippen LogP contribution in [0.5, 0.6) is 5.75 Å². The lowest BCUT2D eigenvalue weighted by Crippen LogP contribution is -2.03. The second-order valence-electron chi connectivity index (χ2n) is 2.59. The fourth-order valence-corrected chi connectivity index (χ4v) is 1.10. The van der Waals surface area contributed by atoms with Crippen molar-refractivity contribution in [2.75, 3.05) is 0 Å². The third-order valence-corrected chi connectivity index (χ3v) is 2.00. The van der Waals surface area contributed by atoms with Crippen LogP contribution in [-0.2, 0) is 0 Å². The van der Waals surface area contributed by atoms with Crippen LogP contribution in [0.25, 0.3) is 0 Å². The number of alkyl halides is 2. The molecule has 0 spiro atoms. The van der Waals surface area contributed by atoms with Crippen LogP contribution in [0, 0.1) is 18.3 Å². The molecule has 1 aromatic carbocycles. The van der Waals surface area contributed by atoms with Gasteiger partial charge in [-0.3, -0.25) is 0 Å². The number of hydrogen-bond acceptors (Lipinski definition) is 2. The van der Waals surface area contributed by atoms with Gasteiger partial charge in [0.05, 0.1) is 5.56 Å².